The molecule has 4 aromatic heterocycles. The molecule has 0 aliphatic heterocycles. The summed E-state index contributed by atoms with van der Waals surface area (Å²) in [5.41, 5.74) is 1.34. The molecule has 0 fully saturated rings. The van der Waals surface area contributed by atoms with Crippen molar-refractivity contribution in [3.63, 3.8) is 0 Å². The van der Waals surface area contributed by atoms with Crippen LogP contribution in [0.1, 0.15) is 85.3 Å². The molecule has 0 aliphatic carbocycles. The van der Waals surface area contributed by atoms with E-state index in [1.54, 1.807) is 46.1 Å². The van der Waals surface area contributed by atoms with Crippen LogP contribution in [0.15, 0.2) is 60.7 Å². The first-order valence-corrected chi connectivity index (χ1v) is 18.7. The summed E-state index contributed by atoms with van der Waals surface area (Å²) in [5.74, 6) is -0.654. The summed E-state index contributed by atoms with van der Waals surface area (Å²) in [6, 6.07) is 20.2. The van der Waals surface area contributed by atoms with Crippen LogP contribution >= 0.6 is 45.3 Å². The number of unbranched alkanes of at least 4 members (excludes halogenated alkanes) is 6. The molecule has 5 aromatic rings. The Bertz CT molecular complexity index is 1690. The number of ether oxygens (including phenoxy) is 1. The molecule has 0 saturated carbocycles. The molecule has 0 amide bonds. The molecule has 230 valence electrons. The summed E-state index contributed by atoms with van der Waals surface area (Å²) >= 11 is 6.77. The van der Waals surface area contributed by atoms with Gasteiger partial charge in [0, 0.05) is 50.1 Å². The maximum Gasteiger partial charge on any atom is 0.336 e. The SMILES string of the molecule is CCCCCCc1ccc(-c2ccc(-c3cc(C(=O)O)c(-c4ccc(-c5ccc(CCCCCC)s5)s4)cc3OC=O)s2)s1. The van der Waals surface area contributed by atoms with Gasteiger partial charge in [0.1, 0.15) is 5.75 Å². The highest BCUT2D eigenvalue weighted by molar-refractivity contribution is 7.24. The van der Waals surface area contributed by atoms with Crippen molar-refractivity contribution in [1.82, 2.24) is 0 Å². The van der Waals surface area contributed by atoms with Gasteiger partial charge in [-0.05, 0) is 86.3 Å². The number of benzene rings is 1. The summed E-state index contributed by atoms with van der Waals surface area (Å²) in [6.07, 6.45) is 12.1. The minimum Gasteiger partial charge on any atom is -0.478 e. The van der Waals surface area contributed by atoms with Gasteiger partial charge in [-0.1, -0.05) is 52.4 Å². The summed E-state index contributed by atoms with van der Waals surface area (Å²) < 4.78 is 5.46. The first kappa shape index (κ1) is 32.4. The van der Waals surface area contributed by atoms with Crippen LogP contribution in [0.2, 0.25) is 0 Å². The normalized spacial score (nSPS) is 11.2. The Labute approximate surface area is 276 Å². The van der Waals surface area contributed by atoms with Crippen molar-refractivity contribution in [3.05, 3.63) is 76.0 Å². The number of carboxylic acids is 1. The number of carboxylic acid groups (broad SMARTS) is 1. The minimum atomic E-state index is -1.01. The van der Waals surface area contributed by atoms with Crippen molar-refractivity contribution in [2.75, 3.05) is 0 Å². The van der Waals surface area contributed by atoms with Gasteiger partial charge in [0.2, 0.25) is 0 Å². The molecule has 0 saturated heterocycles. The lowest BCUT2D eigenvalue weighted by molar-refractivity contribution is -0.120. The fourth-order valence-electron chi connectivity index (χ4n) is 5.27. The summed E-state index contributed by atoms with van der Waals surface area (Å²) in [5, 5.41) is 10.3. The van der Waals surface area contributed by atoms with Gasteiger partial charge in [-0.15, -0.1) is 45.3 Å². The molecule has 0 radical (unpaired) electrons. The fraction of sp³-hybridized carbons (Fsp3) is 0.333. The van der Waals surface area contributed by atoms with E-state index in [0.717, 1.165) is 32.4 Å². The Morgan fingerprint density at radius 3 is 1.61 bits per heavy atom. The highest BCUT2D eigenvalue weighted by atomic mass is 32.1. The third kappa shape index (κ3) is 7.96. The third-order valence-corrected chi connectivity index (χ3v) is 12.5. The van der Waals surface area contributed by atoms with E-state index in [1.807, 2.05) is 23.5 Å². The van der Waals surface area contributed by atoms with Crippen molar-refractivity contribution in [2.24, 2.45) is 0 Å². The molecule has 0 spiro atoms. The fourth-order valence-corrected chi connectivity index (χ4v) is 9.62. The van der Waals surface area contributed by atoms with Crippen molar-refractivity contribution >= 4 is 57.8 Å². The van der Waals surface area contributed by atoms with Crippen LogP contribution in [0.3, 0.4) is 0 Å². The second-order valence-electron chi connectivity index (χ2n) is 10.9. The number of thiophene rings is 4. The van der Waals surface area contributed by atoms with Crippen molar-refractivity contribution < 1.29 is 19.4 Å². The van der Waals surface area contributed by atoms with E-state index >= 15 is 0 Å². The summed E-state index contributed by atoms with van der Waals surface area (Å²) in [4.78, 5) is 33.1. The zero-order chi connectivity index (χ0) is 30.9. The Hall–Kier alpha value is -3.04. The average molecular weight is 663 g/mol. The molecule has 0 unspecified atom stereocenters. The van der Waals surface area contributed by atoms with Crippen molar-refractivity contribution in [1.29, 1.82) is 0 Å². The van der Waals surface area contributed by atoms with E-state index in [2.05, 4.69) is 50.2 Å². The van der Waals surface area contributed by atoms with E-state index in [4.69, 9.17) is 4.74 Å². The van der Waals surface area contributed by atoms with Crippen LogP contribution in [0.5, 0.6) is 5.75 Å². The first-order valence-electron chi connectivity index (χ1n) is 15.4. The van der Waals surface area contributed by atoms with Gasteiger partial charge in [0.15, 0.2) is 0 Å². The number of carbonyl (C=O) groups excluding carboxylic acids is 1. The Balaban J connectivity index is 1.40. The lowest BCUT2D eigenvalue weighted by Crippen LogP contribution is -2.02. The monoisotopic (exact) mass is 662 g/mol. The largest absolute Gasteiger partial charge is 0.478 e. The van der Waals surface area contributed by atoms with Crippen molar-refractivity contribution in [2.45, 2.75) is 78.1 Å². The number of rotatable bonds is 17. The topological polar surface area (TPSA) is 63.6 Å². The maximum atomic E-state index is 12.5. The number of hydrogen-bond acceptors (Lipinski definition) is 7. The minimum absolute atomic E-state index is 0.190. The quantitative estimate of drug-likeness (QED) is 0.0795. The van der Waals surface area contributed by atoms with Gasteiger partial charge in [-0.2, -0.15) is 0 Å². The molecule has 5 rings (SSSR count). The second kappa shape index (κ2) is 15.8. The zero-order valence-electron chi connectivity index (χ0n) is 25.2. The van der Waals surface area contributed by atoms with Crippen LogP contribution in [0, 0.1) is 0 Å². The van der Waals surface area contributed by atoms with Gasteiger partial charge in [-0.3, -0.25) is 4.79 Å². The van der Waals surface area contributed by atoms with Crippen LogP contribution in [-0.4, -0.2) is 17.5 Å². The molecular formula is C36H38O4S4. The van der Waals surface area contributed by atoms with Gasteiger partial charge in [0.05, 0.1) is 5.56 Å². The Morgan fingerprint density at radius 2 is 1.11 bits per heavy atom. The lowest BCUT2D eigenvalue weighted by Gasteiger charge is -2.11. The summed E-state index contributed by atoms with van der Waals surface area (Å²) in [6.45, 7) is 4.87. The van der Waals surface area contributed by atoms with E-state index < -0.39 is 5.97 Å². The lowest BCUT2D eigenvalue weighted by atomic mass is 10.0. The molecule has 4 nitrogen and oxygen atoms in total. The molecule has 0 bridgehead atoms. The standard InChI is InChI=1S/C36H38O4S4/c1-3-5-7-9-11-24-13-15-32(41-24)34-19-17-30(43-34)26-22-29(40-23-37)28(21-27(26)36(38)39)31-18-20-35(44-31)33-16-14-25(42-33)12-10-8-6-4-2/h13-23H,3-12H2,1-2H3,(H,38,39). The predicted octanol–water partition coefficient (Wildman–Crippen LogP) is 12.1. The molecule has 8 heteroatoms. The molecule has 4 heterocycles. The number of carbonyl (C=O) groups is 2. The van der Waals surface area contributed by atoms with Gasteiger partial charge >= 0.3 is 5.97 Å². The van der Waals surface area contributed by atoms with Crippen LogP contribution in [-0.2, 0) is 17.6 Å². The number of aromatic carboxylic acids is 1. The second-order valence-corrected chi connectivity index (χ2v) is 15.4. The molecule has 1 N–H and O–H groups in total. The zero-order valence-corrected chi connectivity index (χ0v) is 28.5. The van der Waals surface area contributed by atoms with Crippen molar-refractivity contribution in [3.8, 4) is 46.1 Å². The van der Waals surface area contributed by atoms with Gasteiger partial charge < -0.3 is 9.84 Å². The number of hydrogen-bond donors (Lipinski definition) is 1. The Morgan fingerprint density at radius 1 is 0.636 bits per heavy atom. The van der Waals surface area contributed by atoms with Crippen LogP contribution < -0.4 is 4.74 Å². The first-order chi connectivity index (χ1) is 21.5. The highest BCUT2D eigenvalue weighted by Gasteiger charge is 2.21. The average Bonchev–Trinajstić information content (AvgIpc) is 3.84. The molecule has 0 aliphatic rings. The van der Waals surface area contributed by atoms with E-state index in [1.165, 1.54) is 70.9 Å². The predicted molar refractivity (Wildman–Crippen MR) is 189 cm³/mol. The van der Waals surface area contributed by atoms with Gasteiger partial charge in [-0.25, -0.2) is 4.79 Å². The van der Waals surface area contributed by atoms with E-state index in [-0.39, 0.29) is 5.56 Å². The molecule has 0 atom stereocenters. The van der Waals surface area contributed by atoms with E-state index in [0.29, 0.717) is 23.3 Å². The highest BCUT2D eigenvalue weighted by Crippen LogP contribution is 2.45. The molecule has 44 heavy (non-hydrogen) atoms. The maximum absolute atomic E-state index is 12.5. The van der Waals surface area contributed by atoms with Gasteiger partial charge in [0.25, 0.3) is 6.47 Å². The molecule has 1 aromatic carbocycles. The molecular weight excluding hydrogens is 625 g/mol. The van der Waals surface area contributed by atoms with Crippen LogP contribution in [0.4, 0.5) is 0 Å². The third-order valence-electron chi connectivity index (χ3n) is 7.63. The number of aryl methyl sites for hydroxylation is 2. The Kier molecular flexibility index (Phi) is 11.6. The van der Waals surface area contributed by atoms with E-state index in [9.17, 15) is 14.7 Å². The van der Waals surface area contributed by atoms with Crippen LogP contribution in [0.25, 0.3) is 40.4 Å². The summed E-state index contributed by atoms with van der Waals surface area (Å²) in [7, 11) is 0. The smallest absolute Gasteiger partial charge is 0.336 e.